The average molecular weight is 333 g/mol. The zero-order valence-electron chi connectivity index (χ0n) is 13.1. The van der Waals surface area contributed by atoms with Crippen molar-refractivity contribution in [3.63, 3.8) is 0 Å². The summed E-state index contributed by atoms with van der Waals surface area (Å²) < 4.78 is 28.9. The molecule has 2 heterocycles. The van der Waals surface area contributed by atoms with Crippen molar-refractivity contribution < 1.29 is 17.6 Å². The highest BCUT2D eigenvalue weighted by Crippen LogP contribution is 2.31. The van der Waals surface area contributed by atoms with Crippen LogP contribution in [0, 0.1) is 13.8 Å². The molecule has 1 aromatic carbocycles. The van der Waals surface area contributed by atoms with Gasteiger partial charge in [0.15, 0.2) is 9.84 Å². The van der Waals surface area contributed by atoms with Crippen LogP contribution in [-0.4, -0.2) is 31.9 Å². The third-order valence-corrected chi connectivity index (χ3v) is 5.98. The van der Waals surface area contributed by atoms with Crippen molar-refractivity contribution in [2.45, 2.75) is 26.3 Å². The second-order valence-corrected chi connectivity index (χ2v) is 8.16. The Kier molecular flexibility index (Phi) is 4.02. The van der Waals surface area contributed by atoms with E-state index in [1.165, 1.54) is 0 Å². The number of hydrogen-bond donors (Lipinski definition) is 1. The maximum Gasteiger partial charge on any atom is 0.255 e. The molecule has 2 aromatic rings. The van der Waals surface area contributed by atoms with Crippen LogP contribution < -0.4 is 5.32 Å². The van der Waals surface area contributed by atoms with Crippen molar-refractivity contribution in [3.8, 4) is 11.3 Å². The number of furan rings is 1. The Balaban J connectivity index is 1.92. The van der Waals surface area contributed by atoms with Gasteiger partial charge in [-0.25, -0.2) is 8.42 Å². The fraction of sp³-hybridized carbons (Fsp3) is 0.353. The van der Waals surface area contributed by atoms with Gasteiger partial charge in [-0.15, -0.1) is 0 Å². The van der Waals surface area contributed by atoms with Gasteiger partial charge in [0, 0.05) is 17.2 Å². The summed E-state index contributed by atoms with van der Waals surface area (Å²) in [6, 6.07) is 9.10. The number of carbonyl (C=O) groups excluding carboxylic acids is 1. The number of benzene rings is 1. The lowest BCUT2D eigenvalue weighted by Crippen LogP contribution is -2.36. The van der Waals surface area contributed by atoms with Gasteiger partial charge in [-0.1, -0.05) is 30.3 Å². The summed E-state index contributed by atoms with van der Waals surface area (Å²) in [4.78, 5) is 12.7. The van der Waals surface area contributed by atoms with Crippen molar-refractivity contribution in [3.05, 3.63) is 47.2 Å². The molecule has 0 radical (unpaired) electrons. The van der Waals surface area contributed by atoms with E-state index in [1.54, 1.807) is 0 Å². The van der Waals surface area contributed by atoms with E-state index in [2.05, 4.69) is 5.32 Å². The fourth-order valence-electron chi connectivity index (χ4n) is 2.86. The van der Waals surface area contributed by atoms with Crippen LogP contribution in [-0.2, 0) is 9.84 Å². The van der Waals surface area contributed by atoms with Crippen LogP contribution in [0.5, 0.6) is 0 Å². The highest BCUT2D eigenvalue weighted by Gasteiger charge is 2.31. The van der Waals surface area contributed by atoms with E-state index in [0.717, 1.165) is 11.1 Å². The van der Waals surface area contributed by atoms with Crippen molar-refractivity contribution in [2.24, 2.45) is 0 Å². The van der Waals surface area contributed by atoms with E-state index < -0.39 is 9.84 Å². The van der Waals surface area contributed by atoms with Crippen LogP contribution in [0.4, 0.5) is 0 Å². The smallest absolute Gasteiger partial charge is 0.255 e. The lowest BCUT2D eigenvalue weighted by atomic mass is 10.0. The molecule has 6 heteroatoms. The zero-order valence-corrected chi connectivity index (χ0v) is 13.9. The highest BCUT2D eigenvalue weighted by molar-refractivity contribution is 7.91. The molecular weight excluding hydrogens is 314 g/mol. The number of rotatable bonds is 3. The SMILES string of the molecule is Cc1oc(-c2ccccc2)c(C(=O)N[C@@H]2CCS(=O)(=O)C2)c1C. The molecule has 1 aliphatic heterocycles. The first kappa shape index (κ1) is 15.8. The molecule has 1 N–H and O–H groups in total. The lowest BCUT2D eigenvalue weighted by Gasteiger charge is -2.11. The summed E-state index contributed by atoms with van der Waals surface area (Å²) >= 11 is 0. The Labute approximate surface area is 135 Å². The van der Waals surface area contributed by atoms with Gasteiger partial charge in [0.05, 0.1) is 17.1 Å². The van der Waals surface area contributed by atoms with E-state index in [-0.39, 0.29) is 23.5 Å². The number of carbonyl (C=O) groups is 1. The van der Waals surface area contributed by atoms with E-state index in [4.69, 9.17) is 4.42 Å². The van der Waals surface area contributed by atoms with Crippen LogP contribution in [0.3, 0.4) is 0 Å². The predicted molar refractivity (Wildman–Crippen MR) is 88.1 cm³/mol. The van der Waals surface area contributed by atoms with E-state index >= 15 is 0 Å². The van der Waals surface area contributed by atoms with Crippen LogP contribution in [0.1, 0.15) is 28.1 Å². The second-order valence-electron chi connectivity index (χ2n) is 5.93. The molecule has 0 spiro atoms. The molecule has 0 unspecified atom stereocenters. The van der Waals surface area contributed by atoms with Gasteiger partial charge in [-0.3, -0.25) is 4.79 Å². The Morgan fingerprint density at radius 1 is 1.22 bits per heavy atom. The molecule has 122 valence electrons. The standard InChI is InChI=1S/C17H19NO4S/c1-11-12(2)22-16(13-6-4-3-5-7-13)15(11)17(19)18-14-8-9-23(20,21)10-14/h3-7,14H,8-10H2,1-2H3,(H,18,19)/t14-/m1/s1. The molecule has 1 atom stereocenters. The molecule has 1 fully saturated rings. The number of aryl methyl sites for hydroxylation is 1. The number of nitrogens with one attached hydrogen (secondary N) is 1. The first-order valence-electron chi connectivity index (χ1n) is 7.54. The summed E-state index contributed by atoms with van der Waals surface area (Å²) in [5.41, 5.74) is 2.09. The molecule has 5 nitrogen and oxygen atoms in total. The third kappa shape index (κ3) is 3.17. The number of sulfone groups is 1. The van der Waals surface area contributed by atoms with Gasteiger partial charge >= 0.3 is 0 Å². The lowest BCUT2D eigenvalue weighted by molar-refractivity contribution is 0.0941. The van der Waals surface area contributed by atoms with Gasteiger partial charge in [0.1, 0.15) is 11.5 Å². The maximum atomic E-state index is 12.7. The van der Waals surface area contributed by atoms with Gasteiger partial charge in [-0.05, 0) is 20.3 Å². The Bertz CT molecular complexity index is 837. The zero-order chi connectivity index (χ0) is 16.6. The van der Waals surface area contributed by atoms with E-state index in [0.29, 0.717) is 23.5 Å². The average Bonchev–Trinajstić information content (AvgIpc) is 3.00. The minimum absolute atomic E-state index is 0.00922. The van der Waals surface area contributed by atoms with Gasteiger partial charge < -0.3 is 9.73 Å². The largest absolute Gasteiger partial charge is 0.460 e. The normalized spacial score (nSPS) is 19.7. The number of amides is 1. The van der Waals surface area contributed by atoms with Crippen LogP contribution in [0.2, 0.25) is 0 Å². The van der Waals surface area contributed by atoms with Gasteiger partial charge in [-0.2, -0.15) is 0 Å². The van der Waals surface area contributed by atoms with Crippen LogP contribution >= 0.6 is 0 Å². The van der Waals surface area contributed by atoms with Gasteiger partial charge in [0.25, 0.3) is 5.91 Å². The summed E-state index contributed by atoms with van der Waals surface area (Å²) in [5.74, 6) is 1.08. The molecule has 1 aromatic heterocycles. The first-order valence-corrected chi connectivity index (χ1v) is 9.36. The molecule has 1 amide bonds. The molecule has 1 saturated heterocycles. The number of hydrogen-bond acceptors (Lipinski definition) is 4. The Morgan fingerprint density at radius 2 is 1.91 bits per heavy atom. The van der Waals surface area contributed by atoms with Crippen LogP contribution in [0.25, 0.3) is 11.3 Å². The van der Waals surface area contributed by atoms with Gasteiger partial charge in [0.2, 0.25) is 0 Å². The molecule has 23 heavy (non-hydrogen) atoms. The first-order chi connectivity index (χ1) is 10.9. The predicted octanol–water partition coefficient (Wildman–Crippen LogP) is 2.48. The fourth-order valence-corrected chi connectivity index (χ4v) is 4.53. The van der Waals surface area contributed by atoms with E-state index in [1.807, 2.05) is 44.2 Å². The van der Waals surface area contributed by atoms with E-state index in [9.17, 15) is 13.2 Å². The third-order valence-electron chi connectivity index (χ3n) is 4.22. The molecular formula is C17H19NO4S. The maximum absolute atomic E-state index is 12.7. The van der Waals surface area contributed by atoms with Crippen LogP contribution in [0.15, 0.2) is 34.7 Å². The Morgan fingerprint density at radius 3 is 2.52 bits per heavy atom. The monoisotopic (exact) mass is 333 g/mol. The summed E-state index contributed by atoms with van der Waals surface area (Å²) in [6.45, 7) is 3.66. The molecule has 0 saturated carbocycles. The molecule has 0 bridgehead atoms. The molecule has 0 aliphatic carbocycles. The Hall–Kier alpha value is -2.08. The van der Waals surface area contributed by atoms with Crippen molar-refractivity contribution in [1.29, 1.82) is 0 Å². The summed E-state index contributed by atoms with van der Waals surface area (Å²) in [6.07, 6.45) is 0.463. The second kappa shape index (κ2) is 5.85. The highest BCUT2D eigenvalue weighted by atomic mass is 32.2. The molecule has 1 aliphatic rings. The minimum atomic E-state index is -3.03. The van der Waals surface area contributed by atoms with Crippen molar-refractivity contribution in [1.82, 2.24) is 5.32 Å². The van der Waals surface area contributed by atoms with Crippen molar-refractivity contribution in [2.75, 3.05) is 11.5 Å². The topological polar surface area (TPSA) is 76.4 Å². The quantitative estimate of drug-likeness (QED) is 0.936. The summed E-state index contributed by atoms with van der Waals surface area (Å²) in [5, 5.41) is 2.84. The van der Waals surface area contributed by atoms with Crippen molar-refractivity contribution >= 4 is 15.7 Å². The summed E-state index contributed by atoms with van der Waals surface area (Å²) in [7, 11) is -3.03. The minimum Gasteiger partial charge on any atom is -0.460 e. The molecule has 3 rings (SSSR count).